The van der Waals surface area contributed by atoms with Crippen molar-refractivity contribution in [2.45, 2.75) is 12.7 Å². The number of carbonyl (C=O) groups excluding carboxylic acids is 1. The molecule has 0 aromatic heterocycles. The quantitative estimate of drug-likeness (QED) is 0.615. The number of halogens is 1. The Labute approximate surface area is 180 Å². The molecule has 1 aliphatic heterocycles. The van der Waals surface area contributed by atoms with Crippen LogP contribution in [-0.2, 0) is 11.3 Å². The first kappa shape index (κ1) is 20.6. The van der Waals surface area contributed by atoms with Gasteiger partial charge >= 0.3 is 0 Å². The Bertz CT molecular complexity index is 1130. The van der Waals surface area contributed by atoms with Crippen molar-refractivity contribution >= 4 is 5.91 Å². The molecule has 1 amide bonds. The van der Waals surface area contributed by atoms with E-state index in [0.717, 1.165) is 5.56 Å². The van der Waals surface area contributed by atoms with Gasteiger partial charge in [-0.25, -0.2) is 4.39 Å². The average molecular weight is 416 g/mol. The lowest BCUT2D eigenvalue weighted by molar-refractivity contribution is -0.0243. The van der Waals surface area contributed by atoms with E-state index in [2.05, 4.69) is 6.07 Å². The third-order valence-corrected chi connectivity index (χ3v) is 5.22. The number of benzene rings is 3. The molecule has 4 rings (SSSR count). The van der Waals surface area contributed by atoms with Gasteiger partial charge in [-0.15, -0.1) is 0 Å². The van der Waals surface area contributed by atoms with E-state index in [1.807, 2.05) is 12.1 Å². The van der Waals surface area contributed by atoms with Crippen LogP contribution in [0.25, 0.3) is 0 Å². The SMILES string of the molecule is N#Cc1ccccc1COc1cccc(C(=O)N2CCOC(c3ccccc3F)C2)c1. The van der Waals surface area contributed by atoms with Crippen LogP contribution < -0.4 is 4.74 Å². The minimum Gasteiger partial charge on any atom is -0.489 e. The molecule has 3 aromatic rings. The van der Waals surface area contributed by atoms with E-state index in [1.165, 1.54) is 6.07 Å². The number of nitriles is 1. The van der Waals surface area contributed by atoms with Crippen LogP contribution in [0.1, 0.15) is 33.2 Å². The molecule has 5 nitrogen and oxygen atoms in total. The summed E-state index contributed by atoms with van der Waals surface area (Å²) < 4.78 is 25.7. The predicted molar refractivity (Wildman–Crippen MR) is 113 cm³/mol. The lowest BCUT2D eigenvalue weighted by atomic mass is 10.1. The second kappa shape index (κ2) is 9.41. The van der Waals surface area contributed by atoms with E-state index >= 15 is 0 Å². The maximum atomic E-state index is 14.1. The van der Waals surface area contributed by atoms with Gasteiger partial charge in [0.25, 0.3) is 5.91 Å². The van der Waals surface area contributed by atoms with Gasteiger partial charge in [-0.1, -0.05) is 42.5 Å². The summed E-state index contributed by atoms with van der Waals surface area (Å²) in [5.74, 6) is 0.0415. The third-order valence-electron chi connectivity index (χ3n) is 5.22. The summed E-state index contributed by atoms with van der Waals surface area (Å²) in [6.07, 6.45) is -0.499. The Hall–Kier alpha value is -3.69. The number of hydrogen-bond donors (Lipinski definition) is 0. The summed E-state index contributed by atoms with van der Waals surface area (Å²) in [7, 11) is 0. The van der Waals surface area contributed by atoms with Crippen molar-refractivity contribution in [2.24, 2.45) is 0 Å². The molecule has 0 saturated carbocycles. The highest BCUT2D eigenvalue weighted by molar-refractivity contribution is 5.94. The molecule has 1 unspecified atom stereocenters. The van der Waals surface area contributed by atoms with E-state index in [0.29, 0.717) is 35.6 Å². The topological polar surface area (TPSA) is 62.6 Å². The van der Waals surface area contributed by atoms with E-state index in [4.69, 9.17) is 9.47 Å². The lowest BCUT2D eigenvalue weighted by Crippen LogP contribution is -2.42. The van der Waals surface area contributed by atoms with Crippen LogP contribution in [0.5, 0.6) is 5.75 Å². The number of ether oxygens (including phenoxy) is 2. The summed E-state index contributed by atoms with van der Waals surface area (Å²) in [6, 6.07) is 22.8. The number of hydrogen-bond acceptors (Lipinski definition) is 4. The fraction of sp³-hybridized carbons (Fsp3) is 0.200. The molecule has 1 atom stereocenters. The number of rotatable bonds is 5. The zero-order valence-electron chi connectivity index (χ0n) is 16.8. The molecule has 1 aliphatic rings. The Morgan fingerprint density at radius 3 is 2.77 bits per heavy atom. The molecule has 156 valence electrons. The van der Waals surface area contributed by atoms with Crippen LogP contribution in [-0.4, -0.2) is 30.5 Å². The largest absolute Gasteiger partial charge is 0.489 e. The zero-order chi connectivity index (χ0) is 21.6. The second-order valence-electron chi connectivity index (χ2n) is 7.22. The fourth-order valence-electron chi connectivity index (χ4n) is 3.58. The van der Waals surface area contributed by atoms with Gasteiger partial charge in [-0.05, 0) is 30.3 Å². The molecule has 0 spiro atoms. The highest BCUT2D eigenvalue weighted by Crippen LogP contribution is 2.26. The number of nitrogens with zero attached hydrogens (tertiary/aromatic N) is 2. The monoisotopic (exact) mass is 416 g/mol. The van der Waals surface area contributed by atoms with Crippen molar-refractivity contribution in [3.05, 3.63) is 101 Å². The minimum absolute atomic E-state index is 0.160. The van der Waals surface area contributed by atoms with Crippen LogP contribution in [0.4, 0.5) is 4.39 Å². The zero-order valence-corrected chi connectivity index (χ0v) is 16.8. The molecule has 1 fully saturated rings. The van der Waals surface area contributed by atoms with Crippen LogP contribution in [0.15, 0.2) is 72.8 Å². The molecule has 1 saturated heterocycles. The molecule has 6 heteroatoms. The Morgan fingerprint density at radius 2 is 1.94 bits per heavy atom. The highest BCUT2D eigenvalue weighted by Gasteiger charge is 2.27. The first-order chi connectivity index (χ1) is 15.2. The first-order valence-corrected chi connectivity index (χ1v) is 10.0. The van der Waals surface area contributed by atoms with E-state index in [9.17, 15) is 14.4 Å². The second-order valence-corrected chi connectivity index (χ2v) is 7.22. The molecule has 31 heavy (non-hydrogen) atoms. The molecular formula is C25H21FN2O3. The van der Waals surface area contributed by atoms with Crippen molar-refractivity contribution in [1.82, 2.24) is 4.90 Å². The summed E-state index contributed by atoms with van der Waals surface area (Å²) >= 11 is 0. The molecular weight excluding hydrogens is 395 g/mol. The Kier molecular flexibility index (Phi) is 6.25. The van der Waals surface area contributed by atoms with Gasteiger partial charge in [0.2, 0.25) is 0 Å². The maximum absolute atomic E-state index is 14.1. The highest BCUT2D eigenvalue weighted by atomic mass is 19.1. The van der Waals surface area contributed by atoms with Crippen molar-refractivity contribution < 1.29 is 18.7 Å². The number of morpholine rings is 1. The van der Waals surface area contributed by atoms with Gasteiger partial charge in [-0.3, -0.25) is 4.79 Å². The minimum atomic E-state index is -0.499. The molecule has 1 heterocycles. The van der Waals surface area contributed by atoms with Crippen molar-refractivity contribution in [2.75, 3.05) is 19.7 Å². The van der Waals surface area contributed by atoms with E-state index in [-0.39, 0.29) is 24.9 Å². The Balaban J connectivity index is 1.45. The van der Waals surface area contributed by atoms with Crippen molar-refractivity contribution in [3.63, 3.8) is 0 Å². The van der Waals surface area contributed by atoms with Gasteiger partial charge in [-0.2, -0.15) is 5.26 Å². The molecule has 0 N–H and O–H groups in total. The van der Waals surface area contributed by atoms with Crippen LogP contribution in [0, 0.1) is 17.1 Å². The summed E-state index contributed by atoms with van der Waals surface area (Å²) in [5.41, 5.74) is 2.28. The van der Waals surface area contributed by atoms with Crippen molar-refractivity contribution in [1.29, 1.82) is 5.26 Å². The summed E-state index contributed by atoms with van der Waals surface area (Å²) in [5, 5.41) is 9.21. The molecule has 0 aliphatic carbocycles. The normalized spacial score (nSPS) is 15.9. The van der Waals surface area contributed by atoms with E-state index in [1.54, 1.807) is 59.5 Å². The van der Waals surface area contributed by atoms with Gasteiger partial charge in [0, 0.05) is 23.2 Å². The number of carbonyl (C=O) groups is 1. The van der Waals surface area contributed by atoms with Gasteiger partial charge in [0.15, 0.2) is 0 Å². The number of amides is 1. The van der Waals surface area contributed by atoms with Gasteiger partial charge in [0.1, 0.15) is 24.3 Å². The molecule has 0 bridgehead atoms. The predicted octanol–water partition coefficient (Wildman–Crippen LogP) is 4.49. The van der Waals surface area contributed by atoms with Gasteiger partial charge < -0.3 is 14.4 Å². The van der Waals surface area contributed by atoms with Gasteiger partial charge in [0.05, 0.1) is 24.8 Å². The average Bonchev–Trinajstić information content (AvgIpc) is 2.83. The maximum Gasteiger partial charge on any atom is 0.254 e. The smallest absolute Gasteiger partial charge is 0.254 e. The standard InChI is InChI=1S/C25H21FN2O3/c26-23-11-4-3-10-22(23)24-16-28(12-13-30-24)25(29)18-8-5-9-21(14-18)31-17-20-7-2-1-6-19(20)15-27/h1-11,14,24H,12-13,16-17H2. The lowest BCUT2D eigenvalue weighted by Gasteiger charge is -2.33. The van der Waals surface area contributed by atoms with Crippen molar-refractivity contribution in [3.8, 4) is 11.8 Å². The van der Waals surface area contributed by atoms with E-state index < -0.39 is 6.10 Å². The first-order valence-electron chi connectivity index (χ1n) is 10.0. The van der Waals surface area contributed by atoms with Crippen LogP contribution in [0.2, 0.25) is 0 Å². The fourth-order valence-corrected chi connectivity index (χ4v) is 3.58. The van der Waals surface area contributed by atoms with Crippen LogP contribution >= 0.6 is 0 Å². The summed E-state index contributed by atoms with van der Waals surface area (Å²) in [6.45, 7) is 1.28. The Morgan fingerprint density at radius 1 is 1.13 bits per heavy atom. The molecule has 0 radical (unpaired) electrons. The summed E-state index contributed by atoms with van der Waals surface area (Å²) in [4.78, 5) is 14.7. The molecule has 3 aromatic carbocycles. The third kappa shape index (κ3) is 4.73. The van der Waals surface area contributed by atoms with Crippen LogP contribution in [0.3, 0.4) is 0 Å².